The third-order valence-electron chi connectivity index (χ3n) is 2.72. The average Bonchev–Trinajstić information content (AvgIpc) is 2.22. The van der Waals surface area contributed by atoms with Crippen molar-refractivity contribution in [2.24, 2.45) is 0 Å². The van der Waals surface area contributed by atoms with Crippen LogP contribution >= 0.6 is 0 Å². The molecule has 0 aliphatic heterocycles. The maximum Gasteiger partial charge on any atom is 0.163 e. The molecule has 0 aromatic rings. The second-order valence-corrected chi connectivity index (χ2v) is 4.51. The highest BCUT2D eigenvalue weighted by atomic mass is 16.7. The van der Waals surface area contributed by atoms with Gasteiger partial charge in [-0.25, -0.2) is 0 Å². The van der Waals surface area contributed by atoms with E-state index in [1.807, 2.05) is 13.8 Å². The van der Waals surface area contributed by atoms with Gasteiger partial charge in [0, 0.05) is 0 Å². The third kappa shape index (κ3) is 6.16. The minimum absolute atomic E-state index is 0.314. The Morgan fingerprint density at radius 3 is 1.20 bits per heavy atom. The van der Waals surface area contributed by atoms with E-state index < -0.39 is 5.79 Å². The highest BCUT2D eigenvalue weighted by molar-refractivity contribution is 4.64. The Bertz CT molecular complexity index is 131. The van der Waals surface area contributed by atoms with Crippen molar-refractivity contribution in [2.45, 2.75) is 85.2 Å². The molecule has 0 aliphatic carbocycles. The highest BCUT2D eigenvalue weighted by Crippen LogP contribution is 2.21. The lowest BCUT2D eigenvalue weighted by Gasteiger charge is -2.33. The zero-order chi connectivity index (χ0) is 11.9. The number of ether oxygens (including phenoxy) is 2. The van der Waals surface area contributed by atoms with Crippen LogP contribution < -0.4 is 0 Å². The van der Waals surface area contributed by atoms with Gasteiger partial charge in [-0.05, 0) is 39.5 Å². The maximum atomic E-state index is 5.95. The molecule has 0 spiro atoms. The van der Waals surface area contributed by atoms with Crippen LogP contribution in [-0.4, -0.2) is 18.0 Å². The molecule has 0 bridgehead atoms. The highest BCUT2D eigenvalue weighted by Gasteiger charge is 2.25. The van der Waals surface area contributed by atoms with Crippen molar-refractivity contribution in [3.8, 4) is 0 Å². The second-order valence-electron chi connectivity index (χ2n) is 4.51. The SMILES string of the molecule is CCC(CC)OC(C)(C)OC(CC)CC. The molecule has 0 amide bonds. The summed E-state index contributed by atoms with van der Waals surface area (Å²) in [7, 11) is 0. The van der Waals surface area contributed by atoms with Crippen LogP contribution in [0.25, 0.3) is 0 Å². The summed E-state index contributed by atoms with van der Waals surface area (Å²) in [6.45, 7) is 12.7. The first kappa shape index (κ1) is 14.9. The molecule has 0 saturated carbocycles. The van der Waals surface area contributed by atoms with Crippen LogP contribution in [0.5, 0.6) is 0 Å². The van der Waals surface area contributed by atoms with Crippen LogP contribution in [0.15, 0.2) is 0 Å². The molecular weight excluding hydrogens is 188 g/mol. The fourth-order valence-electron chi connectivity index (χ4n) is 1.74. The van der Waals surface area contributed by atoms with Crippen LogP contribution in [0.3, 0.4) is 0 Å². The van der Waals surface area contributed by atoms with E-state index in [0.29, 0.717) is 12.2 Å². The summed E-state index contributed by atoms with van der Waals surface area (Å²) in [4.78, 5) is 0. The van der Waals surface area contributed by atoms with Crippen LogP contribution in [0.1, 0.15) is 67.2 Å². The quantitative estimate of drug-likeness (QED) is 0.568. The molecule has 0 atom stereocenters. The summed E-state index contributed by atoms with van der Waals surface area (Å²) in [5, 5.41) is 0. The molecule has 0 aromatic carbocycles. The molecular formula is C13H28O2. The summed E-state index contributed by atoms with van der Waals surface area (Å²) in [6.07, 6.45) is 4.82. The summed E-state index contributed by atoms with van der Waals surface area (Å²) in [5.41, 5.74) is 0. The van der Waals surface area contributed by atoms with Crippen LogP contribution in [-0.2, 0) is 9.47 Å². The third-order valence-corrected chi connectivity index (χ3v) is 2.72. The van der Waals surface area contributed by atoms with Gasteiger partial charge in [0.1, 0.15) is 0 Å². The minimum atomic E-state index is -0.451. The smallest absolute Gasteiger partial charge is 0.163 e. The zero-order valence-corrected chi connectivity index (χ0v) is 11.3. The molecule has 2 nitrogen and oxygen atoms in total. The van der Waals surface area contributed by atoms with Crippen molar-refractivity contribution >= 4 is 0 Å². The molecule has 0 heterocycles. The lowest BCUT2D eigenvalue weighted by Crippen LogP contribution is -2.36. The predicted octanol–water partition coefficient (Wildman–Crippen LogP) is 4.13. The molecule has 0 aliphatic rings. The summed E-state index contributed by atoms with van der Waals surface area (Å²) in [6, 6.07) is 0. The van der Waals surface area contributed by atoms with Crippen LogP contribution in [0, 0.1) is 0 Å². The van der Waals surface area contributed by atoms with E-state index in [9.17, 15) is 0 Å². The monoisotopic (exact) mass is 216 g/mol. The van der Waals surface area contributed by atoms with Gasteiger partial charge in [-0.15, -0.1) is 0 Å². The van der Waals surface area contributed by atoms with E-state index in [1.165, 1.54) is 0 Å². The molecule has 0 aromatic heterocycles. The van der Waals surface area contributed by atoms with Crippen molar-refractivity contribution in [1.82, 2.24) is 0 Å². The predicted molar refractivity (Wildman–Crippen MR) is 65.0 cm³/mol. The van der Waals surface area contributed by atoms with E-state index >= 15 is 0 Å². The largest absolute Gasteiger partial charge is 0.347 e. The zero-order valence-electron chi connectivity index (χ0n) is 11.3. The van der Waals surface area contributed by atoms with E-state index in [2.05, 4.69) is 27.7 Å². The maximum absolute atomic E-state index is 5.95. The van der Waals surface area contributed by atoms with Gasteiger partial charge in [0.25, 0.3) is 0 Å². The van der Waals surface area contributed by atoms with Crippen molar-refractivity contribution in [3.63, 3.8) is 0 Å². The van der Waals surface area contributed by atoms with Crippen LogP contribution in [0.4, 0.5) is 0 Å². The van der Waals surface area contributed by atoms with Gasteiger partial charge in [0.05, 0.1) is 12.2 Å². The summed E-state index contributed by atoms with van der Waals surface area (Å²) < 4.78 is 11.9. The normalized spacial score (nSPS) is 12.8. The molecule has 0 rings (SSSR count). The molecule has 0 unspecified atom stereocenters. The topological polar surface area (TPSA) is 18.5 Å². The lowest BCUT2D eigenvalue weighted by molar-refractivity contribution is -0.259. The number of hydrogen-bond acceptors (Lipinski definition) is 2. The standard InChI is InChI=1S/C13H28O2/c1-7-11(8-2)14-13(5,6)15-12(9-3)10-4/h11-12H,7-10H2,1-6H3. The van der Waals surface area contributed by atoms with Gasteiger partial charge in [-0.1, -0.05) is 27.7 Å². The summed E-state index contributed by atoms with van der Waals surface area (Å²) >= 11 is 0. The van der Waals surface area contributed by atoms with Crippen molar-refractivity contribution in [1.29, 1.82) is 0 Å². The van der Waals surface area contributed by atoms with Gasteiger partial charge >= 0.3 is 0 Å². The van der Waals surface area contributed by atoms with Crippen molar-refractivity contribution in [3.05, 3.63) is 0 Å². The van der Waals surface area contributed by atoms with Gasteiger partial charge < -0.3 is 9.47 Å². The lowest BCUT2D eigenvalue weighted by atomic mass is 10.2. The summed E-state index contributed by atoms with van der Waals surface area (Å²) in [5.74, 6) is -0.451. The fourth-order valence-corrected chi connectivity index (χ4v) is 1.74. The molecule has 92 valence electrons. The molecule has 0 radical (unpaired) electrons. The minimum Gasteiger partial charge on any atom is -0.347 e. The van der Waals surface area contributed by atoms with Gasteiger partial charge in [0.15, 0.2) is 5.79 Å². The molecule has 0 saturated heterocycles. The first-order valence-electron chi connectivity index (χ1n) is 6.34. The van der Waals surface area contributed by atoms with E-state index in [4.69, 9.17) is 9.47 Å². The first-order valence-corrected chi connectivity index (χ1v) is 6.34. The Hall–Kier alpha value is -0.0800. The molecule has 15 heavy (non-hydrogen) atoms. The Kier molecular flexibility index (Phi) is 7.20. The Morgan fingerprint density at radius 2 is 1.00 bits per heavy atom. The van der Waals surface area contributed by atoms with Gasteiger partial charge in [-0.3, -0.25) is 0 Å². The number of hydrogen-bond donors (Lipinski definition) is 0. The van der Waals surface area contributed by atoms with Gasteiger partial charge in [-0.2, -0.15) is 0 Å². The van der Waals surface area contributed by atoms with E-state index in [1.54, 1.807) is 0 Å². The number of rotatable bonds is 8. The Labute approximate surface area is 95.3 Å². The van der Waals surface area contributed by atoms with E-state index in [0.717, 1.165) is 25.7 Å². The Morgan fingerprint density at radius 1 is 0.733 bits per heavy atom. The van der Waals surface area contributed by atoms with Crippen molar-refractivity contribution in [2.75, 3.05) is 0 Å². The van der Waals surface area contributed by atoms with Crippen LogP contribution in [0.2, 0.25) is 0 Å². The second kappa shape index (κ2) is 7.24. The Balaban J connectivity index is 4.14. The van der Waals surface area contributed by atoms with Gasteiger partial charge in [0.2, 0.25) is 0 Å². The molecule has 0 fully saturated rings. The van der Waals surface area contributed by atoms with E-state index in [-0.39, 0.29) is 0 Å². The fraction of sp³-hybridized carbons (Fsp3) is 1.00. The molecule has 2 heteroatoms. The van der Waals surface area contributed by atoms with Crippen molar-refractivity contribution < 1.29 is 9.47 Å². The first-order chi connectivity index (χ1) is 6.99. The molecule has 0 N–H and O–H groups in total. The average molecular weight is 216 g/mol.